The highest BCUT2D eigenvalue weighted by atomic mass is 16.2. The van der Waals surface area contributed by atoms with Crippen molar-refractivity contribution in [2.24, 2.45) is 5.92 Å². The van der Waals surface area contributed by atoms with Gasteiger partial charge < -0.3 is 20.1 Å². The fourth-order valence-corrected chi connectivity index (χ4v) is 4.81. The Labute approximate surface area is 188 Å². The van der Waals surface area contributed by atoms with Crippen LogP contribution in [0.3, 0.4) is 0 Å². The van der Waals surface area contributed by atoms with Crippen molar-refractivity contribution in [3.8, 4) is 0 Å². The van der Waals surface area contributed by atoms with Gasteiger partial charge in [0.15, 0.2) is 0 Å². The van der Waals surface area contributed by atoms with E-state index in [-0.39, 0.29) is 35.4 Å². The molecule has 2 N–H and O–H groups in total. The molecule has 0 saturated carbocycles. The molecule has 1 saturated heterocycles. The largest absolute Gasteiger partial charge is 0.352 e. The molecule has 2 aliphatic rings. The maximum atomic E-state index is 13.2. The molecule has 1 aromatic heterocycles. The number of amides is 3. The summed E-state index contributed by atoms with van der Waals surface area (Å²) in [6.07, 6.45) is 2.24. The first-order valence-corrected chi connectivity index (χ1v) is 11.5. The van der Waals surface area contributed by atoms with Crippen LogP contribution in [0, 0.1) is 5.92 Å². The van der Waals surface area contributed by atoms with E-state index in [1.165, 1.54) is 0 Å². The molecule has 4 rings (SSSR count). The molecule has 7 nitrogen and oxygen atoms in total. The minimum Gasteiger partial charge on any atom is -0.352 e. The second-order valence-electron chi connectivity index (χ2n) is 9.11. The number of piperidine rings is 1. The van der Waals surface area contributed by atoms with E-state index < -0.39 is 6.04 Å². The molecule has 2 aromatic rings. The summed E-state index contributed by atoms with van der Waals surface area (Å²) in [6.45, 7) is 5.76. The molecule has 0 unspecified atom stereocenters. The van der Waals surface area contributed by atoms with Crippen LogP contribution in [0.5, 0.6) is 0 Å². The third-order valence-corrected chi connectivity index (χ3v) is 6.66. The van der Waals surface area contributed by atoms with Crippen molar-refractivity contribution in [1.82, 2.24) is 20.1 Å². The standard InChI is InChI=1S/C25H32N4O3/c1-3-17(2)26-24(31)21(13-18-8-5-4-6-9-18)27-25(32)28-14-19-12-20(16-28)22-10-7-11-23(30)29(22)15-19/h4-11,17,19-21H,3,12-16H2,1-2H3,(H,26,31)(H,27,32)/t17-,19+,20+,21+/m1/s1. The topological polar surface area (TPSA) is 83.4 Å². The van der Waals surface area contributed by atoms with Crippen LogP contribution in [0.1, 0.15) is 43.9 Å². The molecule has 2 bridgehead atoms. The maximum Gasteiger partial charge on any atom is 0.318 e. The van der Waals surface area contributed by atoms with E-state index in [1.807, 2.05) is 59.7 Å². The number of aromatic nitrogens is 1. The lowest BCUT2D eigenvalue weighted by atomic mass is 9.83. The fraction of sp³-hybridized carbons (Fsp3) is 0.480. The second-order valence-corrected chi connectivity index (χ2v) is 9.11. The van der Waals surface area contributed by atoms with E-state index >= 15 is 0 Å². The van der Waals surface area contributed by atoms with Crippen LogP contribution in [0.25, 0.3) is 0 Å². The van der Waals surface area contributed by atoms with E-state index in [9.17, 15) is 14.4 Å². The van der Waals surface area contributed by atoms with Gasteiger partial charge in [-0.2, -0.15) is 0 Å². The highest BCUT2D eigenvalue weighted by Gasteiger charge is 2.37. The van der Waals surface area contributed by atoms with E-state index in [4.69, 9.17) is 0 Å². The molecule has 1 fully saturated rings. The monoisotopic (exact) mass is 436 g/mol. The lowest BCUT2D eigenvalue weighted by Crippen LogP contribution is -2.57. The van der Waals surface area contributed by atoms with E-state index in [1.54, 1.807) is 12.1 Å². The van der Waals surface area contributed by atoms with E-state index in [0.717, 1.165) is 24.1 Å². The van der Waals surface area contributed by atoms with Crippen LogP contribution in [0.15, 0.2) is 53.3 Å². The van der Waals surface area contributed by atoms with Crippen molar-refractivity contribution in [3.63, 3.8) is 0 Å². The van der Waals surface area contributed by atoms with Crippen molar-refractivity contribution in [2.75, 3.05) is 13.1 Å². The Hall–Kier alpha value is -3.09. The molecule has 32 heavy (non-hydrogen) atoms. The van der Waals surface area contributed by atoms with Gasteiger partial charge >= 0.3 is 6.03 Å². The second kappa shape index (κ2) is 9.59. The van der Waals surface area contributed by atoms with Gasteiger partial charge in [-0.15, -0.1) is 0 Å². The average molecular weight is 437 g/mol. The number of fused-ring (bicyclic) bond motifs is 4. The Morgan fingerprint density at radius 3 is 2.56 bits per heavy atom. The Morgan fingerprint density at radius 1 is 1.03 bits per heavy atom. The summed E-state index contributed by atoms with van der Waals surface area (Å²) in [6, 6.07) is 14.3. The summed E-state index contributed by atoms with van der Waals surface area (Å²) in [7, 11) is 0. The number of benzene rings is 1. The fourth-order valence-electron chi connectivity index (χ4n) is 4.81. The number of hydrogen-bond acceptors (Lipinski definition) is 3. The van der Waals surface area contributed by atoms with Gasteiger partial charge in [-0.1, -0.05) is 43.3 Å². The molecule has 3 amide bonds. The molecular formula is C25H32N4O3. The van der Waals surface area contributed by atoms with Crippen LogP contribution in [-0.2, 0) is 17.8 Å². The number of nitrogens with zero attached hydrogens (tertiary/aromatic N) is 2. The molecule has 3 heterocycles. The zero-order valence-electron chi connectivity index (χ0n) is 18.8. The highest BCUT2D eigenvalue weighted by Crippen LogP contribution is 2.34. The average Bonchev–Trinajstić information content (AvgIpc) is 2.79. The number of carbonyl (C=O) groups excluding carboxylic acids is 2. The number of rotatable bonds is 6. The number of carbonyl (C=O) groups is 2. The summed E-state index contributed by atoms with van der Waals surface area (Å²) in [5.74, 6) is 0.225. The molecule has 0 aliphatic carbocycles. The zero-order chi connectivity index (χ0) is 22.7. The minimum atomic E-state index is -0.643. The first kappa shape index (κ1) is 22.1. The smallest absolute Gasteiger partial charge is 0.318 e. The van der Waals surface area contributed by atoms with Crippen LogP contribution in [0.4, 0.5) is 4.79 Å². The van der Waals surface area contributed by atoms with Gasteiger partial charge in [0.05, 0.1) is 0 Å². The third kappa shape index (κ3) is 4.87. The quantitative estimate of drug-likeness (QED) is 0.730. The lowest BCUT2D eigenvalue weighted by Gasteiger charge is -2.43. The summed E-state index contributed by atoms with van der Waals surface area (Å²) >= 11 is 0. The molecule has 2 aliphatic heterocycles. The lowest BCUT2D eigenvalue weighted by molar-refractivity contribution is -0.123. The van der Waals surface area contributed by atoms with Gasteiger partial charge in [-0.3, -0.25) is 9.59 Å². The van der Waals surface area contributed by atoms with Crippen molar-refractivity contribution >= 4 is 11.9 Å². The van der Waals surface area contributed by atoms with Gasteiger partial charge in [-0.05, 0) is 37.3 Å². The number of hydrogen-bond donors (Lipinski definition) is 2. The van der Waals surface area contributed by atoms with Gasteiger partial charge in [0.25, 0.3) is 5.56 Å². The molecule has 170 valence electrons. The van der Waals surface area contributed by atoms with Crippen LogP contribution < -0.4 is 16.2 Å². The summed E-state index contributed by atoms with van der Waals surface area (Å²) in [5.41, 5.74) is 2.03. The first-order chi connectivity index (χ1) is 15.4. The zero-order valence-corrected chi connectivity index (χ0v) is 18.8. The molecule has 7 heteroatoms. The van der Waals surface area contributed by atoms with Crippen LogP contribution in [-0.4, -0.2) is 46.6 Å². The molecular weight excluding hydrogens is 404 g/mol. The molecule has 0 spiro atoms. The molecule has 4 atom stereocenters. The predicted octanol–water partition coefficient (Wildman–Crippen LogP) is 2.50. The van der Waals surface area contributed by atoms with Crippen molar-refractivity contribution in [1.29, 1.82) is 0 Å². The number of nitrogens with one attached hydrogen (secondary N) is 2. The Balaban J connectivity index is 1.48. The first-order valence-electron chi connectivity index (χ1n) is 11.5. The maximum absolute atomic E-state index is 13.2. The van der Waals surface area contributed by atoms with E-state index in [2.05, 4.69) is 10.6 Å². The number of likely N-dealkylation sites (tertiary alicyclic amines) is 1. The molecule has 0 radical (unpaired) electrons. The van der Waals surface area contributed by atoms with Crippen LogP contribution in [0.2, 0.25) is 0 Å². The number of pyridine rings is 1. The highest BCUT2D eigenvalue weighted by molar-refractivity contribution is 5.87. The Kier molecular flexibility index (Phi) is 6.63. The Bertz CT molecular complexity index is 1020. The summed E-state index contributed by atoms with van der Waals surface area (Å²) < 4.78 is 1.85. The van der Waals surface area contributed by atoms with Crippen molar-refractivity contribution < 1.29 is 9.59 Å². The third-order valence-electron chi connectivity index (χ3n) is 6.66. The Morgan fingerprint density at radius 2 is 1.81 bits per heavy atom. The summed E-state index contributed by atoms with van der Waals surface area (Å²) in [4.78, 5) is 40.2. The van der Waals surface area contributed by atoms with Gasteiger partial charge in [0.2, 0.25) is 5.91 Å². The normalized spacial score (nSPS) is 21.2. The molecule has 1 aromatic carbocycles. The van der Waals surface area contributed by atoms with Gasteiger partial charge in [-0.25, -0.2) is 4.79 Å². The van der Waals surface area contributed by atoms with Gasteiger partial charge in [0, 0.05) is 49.8 Å². The predicted molar refractivity (Wildman–Crippen MR) is 123 cm³/mol. The minimum absolute atomic E-state index is 0.0275. The number of urea groups is 1. The SMILES string of the molecule is CC[C@@H](C)NC(=O)[C@H](Cc1ccccc1)NC(=O)N1C[C@@H]2C[C@@H](C1)c1cccc(=O)n1C2. The summed E-state index contributed by atoms with van der Waals surface area (Å²) in [5, 5.41) is 6.00. The van der Waals surface area contributed by atoms with E-state index in [0.29, 0.717) is 26.1 Å². The van der Waals surface area contributed by atoms with Crippen molar-refractivity contribution in [3.05, 3.63) is 70.1 Å². The van der Waals surface area contributed by atoms with Crippen LogP contribution >= 0.6 is 0 Å². The van der Waals surface area contributed by atoms with Crippen molar-refractivity contribution in [2.45, 2.75) is 57.7 Å². The van der Waals surface area contributed by atoms with Gasteiger partial charge in [0.1, 0.15) is 6.04 Å².